The van der Waals surface area contributed by atoms with Crippen LogP contribution in [0.15, 0.2) is 60.7 Å². The SMILES string of the molecule is CC(=O)CCc1ccccc1.C[C@@H](N)CCc1ccccc1. The van der Waals surface area contributed by atoms with Crippen molar-refractivity contribution in [2.24, 2.45) is 5.73 Å². The van der Waals surface area contributed by atoms with Gasteiger partial charge in [0.25, 0.3) is 0 Å². The lowest BCUT2D eigenvalue weighted by molar-refractivity contribution is -0.116. The number of hydrogen-bond acceptors (Lipinski definition) is 2. The van der Waals surface area contributed by atoms with Crippen LogP contribution in [0.4, 0.5) is 0 Å². The molecule has 0 aliphatic heterocycles. The van der Waals surface area contributed by atoms with Gasteiger partial charge in [0.15, 0.2) is 0 Å². The lowest BCUT2D eigenvalue weighted by Gasteiger charge is -2.03. The smallest absolute Gasteiger partial charge is 0.130 e. The predicted molar refractivity (Wildman–Crippen MR) is 93.9 cm³/mol. The van der Waals surface area contributed by atoms with E-state index in [0.29, 0.717) is 12.5 Å². The van der Waals surface area contributed by atoms with E-state index in [9.17, 15) is 4.79 Å². The fourth-order valence-corrected chi connectivity index (χ4v) is 2.00. The van der Waals surface area contributed by atoms with E-state index in [1.807, 2.05) is 43.3 Å². The predicted octanol–water partition coefficient (Wildman–Crippen LogP) is 4.17. The molecule has 2 heteroatoms. The Balaban J connectivity index is 0.000000220. The van der Waals surface area contributed by atoms with Crippen LogP contribution < -0.4 is 5.73 Å². The van der Waals surface area contributed by atoms with Gasteiger partial charge in [-0.25, -0.2) is 0 Å². The summed E-state index contributed by atoms with van der Waals surface area (Å²) in [6.07, 6.45) is 3.70. The Morgan fingerprint density at radius 1 is 0.909 bits per heavy atom. The molecule has 0 fully saturated rings. The van der Waals surface area contributed by atoms with Gasteiger partial charge in [-0.1, -0.05) is 60.7 Å². The quantitative estimate of drug-likeness (QED) is 0.869. The van der Waals surface area contributed by atoms with Crippen LogP contribution in [0.1, 0.15) is 37.8 Å². The molecular formula is C20H27NO. The highest BCUT2D eigenvalue weighted by atomic mass is 16.1. The fourth-order valence-electron chi connectivity index (χ4n) is 2.00. The molecule has 0 spiro atoms. The van der Waals surface area contributed by atoms with E-state index < -0.39 is 0 Å². The molecule has 2 aromatic carbocycles. The Labute approximate surface area is 134 Å². The van der Waals surface area contributed by atoms with Crippen molar-refractivity contribution in [2.75, 3.05) is 0 Å². The van der Waals surface area contributed by atoms with Crippen LogP contribution >= 0.6 is 0 Å². The molecule has 2 N–H and O–H groups in total. The highest BCUT2D eigenvalue weighted by Gasteiger charge is 1.95. The van der Waals surface area contributed by atoms with Crippen LogP contribution in [-0.4, -0.2) is 11.8 Å². The summed E-state index contributed by atoms with van der Waals surface area (Å²) in [5.41, 5.74) is 8.26. The number of carbonyl (C=O) groups is 1. The molecule has 0 aromatic heterocycles. The summed E-state index contributed by atoms with van der Waals surface area (Å²) >= 11 is 0. The third-order valence-corrected chi connectivity index (χ3v) is 3.34. The van der Waals surface area contributed by atoms with Gasteiger partial charge in [0.1, 0.15) is 5.78 Å². The van der Waals surface area contributed by atoms with Gasteiger partial charge in [-0.2, -0.15) is 0 Å². The molecule has 118 valence electrons. The number of rotatable bonds is 6. The summed E-state index contributed by atoms with van der Waals surface area (Å²) in [6.45, 7) is 3.67. The zero-order valence-corrected chi connectivity index (χ0v) is 13.7. The fraction of sp³-hybridized carbons (Fsp3) is 0.350. The maximum Gasteiger partial charge on any atom is 0.130 e. The average molecular weight is 297 g/mol. The maximum atomic E-state index is 10.6. The Bertz CT molecular complexity index is 520. The van der Waals surface area contributed by atoms with E-state index in [0.717, 1.165) is 19.3 Å². The van der Waals surface area contributed by atoms with Gasteiger partial charge in [-0.15, -0.1) is 0 Å². The van der Waals surface area contributed by atoms with Gasteiger partial charge in [0.05, 0.1) is 0 Å². The minimum Gasteiger partial charge on any atom is -0.328 e. The monoisotopic (exact) mass is 297 g/mol. The first-order chi connectivity index (χ1) is 10.6. The molecule has 0 aliphatic carbocycles. The summed E-state index contributed by atoms with van der Waals surface area (Å²) in [4.78, 5) is 10.6. The molecule has 0 radical (unpaired) electrons. The molecule has 2 rings (SSSR count). The van der Waals surface area contributed by atoms with Gasteiger partial charge >= 0.3 is 0 Å². The summed E-state index contributed by atoms with van der Waals surface area (Å²) < 4.78 is 0. The molecule has 22 heavy (non-hydrogen) atoms. The molecule has 1 atom stereocenters. The Hall–Kier alpha value is -1.93. The number of aryl methyl sites for hydroxylation is 2. The Morgan fingerprint density at radius 2 is 1.36 bits per heavy atom. The molecule has 0 unspecified atom stereocenters. The van der Waals surface area contributed by atoms with E-state index >= 15 is 0 Å². The average Bonchev–Trinajstić information content (AvgIpc) is 2.53. The van der Waals surface area contributed by atoms with E-state index in [1.165, 1.54) is 11.1 Å². The van der Waals surface area contributed by atoms with Crippen molar-refractivity contribution in [1.82, 2.24) is 0 Å². The van der Waals surface area contributed by atoms with E-state index in [4.69, 9.17) is 5.73 Å². The highest BCUT2D eigenvalue weighted by Crippen LogP contribution is 2.03. The van der Waals surface area contributed by atoms with Crippen LogP contribution in [0.5, 0.6) is 0 Å². The number of carbonyl (C=O) groups excluding carboxylic acids is 1. The van der Waals surface area contributed by atoms with Crippen LogP contribution in [0.3, 0.4) is 0 Å². The molecule has 0 heterocycles. The van der Waals surface area contributed by atoms with Gasteiger partial charge < -0.3 is 10.5 Å². The largest absolute Gasteiger partial charge is 0.328 e. The molecule has 0 saturated carbocycles. The summed E-state index contributed by atoms with van der Waals surface area (Å²) in [7, 11) is 0. The first-order valence-electron chi connectivity index (χ1n) is 7.91. The molecule has 0 amide bonds. The van der Waals surface area contributed by atoms with Crippen molar-refractivity contribution >= 4 is 5.78 Å². The third kappa shape index (κ3) is 9.09. The zero-order chi connectivity index (χ0) is 16.2. The second kappa shape index (κ2) is 10.7. The topological polar surface area (TPSA) is 43.1 Å². The first kappa shape index (κ1) is 18.1. The Morgan fingerprint density at radius 3 is 1.77 bits per heavy atom. The lowest BCUT2D eigenvalue weighted by Crippen LogP contribution is -2.15. The van der Waals surface area contributed by atoms with Gasteiger partial charge in [0, 0.05) is 12.5 Å². The minimum absolute atomic E-state index is 0.258. The number of nitrogens with two attached hydrogens (primary N) is 1. The van der Waals surface area contributed by atoms with Gasteiger partial charge in [-0.05, 0) is 44.2 Å². The van der Waals surface area contributed by atoms with Crippen molar-refractivity contribution < 1.29 is 4.79 Å². The van der Waals surface area contributed by atoms with Crippen molar-refractivity contribution in [2.45, 2.75) is 45.6 Å². The molecule has 2 aromatic rings. The van der Waals surface area contributed by atoms with Crippen molar-refractivity contribution in [3.8, 4) is 0 Å². The number of Topliss-reactive ketones (excluding diaryl/α,β-unsaturated/α-hetero) is 1. The van der Waals surface area contributed by atoms with E-state index in [1.54, 1.807) is 6.92 Å². The van der Waals surface area contributed by atoms with Crippen LogP contribution in [0.2, 0.25) is 0 Å². The van der Waals surface area contributed by atoms with Crippen LogP contribution in [-0.2, 0) is 17.6 Å². The maximum absolute atomic E-state index is 10.6. The standard InChI is InChI=1S/C10H15N.C10H12O/c2*1-9(11)7-8-10-5-3-2-4-6-10/h2-6,9H,7-8,11H2,1H3;2-6H,7-8H2,1H3/t9-;/m1./s1. The molecule has 0 bridgehead atoms. The third-order valence-electron chi connectivity index (χ3n) is 3.34. The summed E-state index contributed by atoms with van der Waals surface area (Å²) in [6, 6.07) is 20.8. The van der Waals surface area contributed by atoms with E-state index in [2.05, 4.69) is 24.3 Å². The summed E-state index contributed by atoms with van der Waals surface area (Å²) in [5.74, 6) is 0.258. The zero-order valence-electron chi connectivity index (χ0n) is 13.7. The minimum atomic E-state index is 0.258. The second-order valence-electron chi connectivity index (χ2n) is 5.69. The van der Waals surface area contributed by atoms with Crippen LogP contribution in [0, 0.1) is 0 Å². The van der Waals surface area contributed by atoms with Crippen molar-refractivity contribution in [3.63, 3.8) is 0 Å². The van der Waals surface area contributed by atoms with Crippen LogP contribution in [0.25, 0.3) is 0 Å². The van der Waals surface area contributed by atoms with E-state index in [-0.39, 0.29) is 5.78 Å². The Kier molecular flexibility index (Phi) is 8.85. The lowest BCUT2D eigenvalue weighted by atomic mass is 10.1. The molecule has 2 nitrogen and oxygen atoms in total. The number of ketones is 1. The highest BCUT2D eigenvalue weighted by molar-refractivity contribution is 5.75. The summed E-state index contributed by atoms with van der Waals surface area (Å²) in [5, 5.41) is 0. The first-order valence-corrected chi connectivity index (χ1v) is 7.91. The molecule has 0 saturated heterocycles. The molecule has 0 aliphatic rings. The van der Waals surface area contributed by atoms with Gasteiger partial charge in [-0.3, -0.25) is 0 Å². The van der Waals surface area contributed by atoms with Gasteiger partial charge in [0.2, 0.25) is 0 Å². The molecular weight excluding hydrogens is 270 g/mol. The van der Waals surface area contributed by atoms with Crippen molar-refractivity contribution in [1.29, 1.82) is 0 Å². The normalized spacial score (nSPS) is 11.2. The number of benzene rings is 2. The van der Waals surface area contributed by atoms with Crippen molar-refractivity contribution in [3.05, 3.63) is 71.8 Å². The number of hydrogen-bond donors (Lipinski definition) is 1. The second-order valence-corrected chi connectivity index (χ2v) is 5.69.